The van der Waals surface area contributed by atoms with Gasteiger partial charge in [0.25, 0.3) is 5.56 Å². The van der Waals surface area contributed by atoms with E-state index in [1.807, 2.05) is 30.3 Å². The molecule has 2 aromatic carbocycles. The van der Waals surface area contributed by atoms with Crippen molar-refractivity contribution in [2.75, 3.05) is 6.54 Å². The Bertz CT molecular complexity index is 1140. The number of carbonyl (C=O) groups excluding carboxylic acids is 1. The Balaban J connectivity index is 1.43. The van der Waals surface area contributed by atoms with Gasteiger partial charge in [-0.15, -0.1) is 0 Å². The number of nitrogens with zero attached hydrogens (tertiary/aromatic N) is 3. The van der Waals surface area contributed by atoms with Crippen molar-refractivity contribution in [2.24, 2.45) is 0 Å². The summed E-state index contributed by atoms with van der Waals surface area (Å²) in [6.45, 7) is 6.57. The fourth-order valence-electron chi connectivity index (χ4n) is 4.14. The first-order valence-corrected chi connectivity index (χ1v) is 11.2. The highest BCUT2D eigenvalue weighted by molar-refractivity contribution is 5.75. The van der Waals surface area contributed by atoms with Gasteiger partial charge in [-0.2, -0.15) is 0 Å². The first-order valence-electron chi connectivity index (χ1n) is 11.2. The maximum absolute atomic E-state index is 13.2. The lowest BCUT2D eigenvalue weighted by atomic mass is 10.1. The minimum absolute atomic E-state index is 0.0172. The van der Waals surface area contributed by atoms with Crippen molar-refractivity contribution in [1.82, 2.24) is 19.8 Å². The number of aryl methyl sites for hydroxylation is 2. The highest BCUT2D eigenvalue weighted by atomic mass is 16.2. The Morgan fingerprint density at radius 3 is 2.47 bits per heavy atom. The fraction of sp³-hybridized carbons (Fsp3) is 0.346. The van der Waals surface area contributed by atoms with Gasteiger partial charge in [-0.1, -0.05) is 61.5 Å². The van der Waals surface area contributed by atoms with Crippen LogP contribution in [0.5, 0.6) is 0 Å². The average molecular weight is 431 g/mol. The van der Waals surface area contributed by atoms with Crippen molar-refractivity contribution in [1.29, 1.82) is 0 Å². The number of fused-ring (bicyclic) bond motifs is 1. The predicted molar refractivity (Wildman–Crippen MR) is 125 cm³/mol. The maximum atomic E-state index is 13.2. The fourth-order valence-corrected chi connectivity index (χ4v) is 4.14. The Morgan fingerprint density at radius 1 is 1.03 bits per heavy atom. The molecule has 0 atom stereocenters. The summed E-state index contributed by atoms with van der Waals surface area (Å²) < 4.78 is 1.50. The van der Waals surface area contributed by atoms with Crippen molar-refractivity contribution in [2.45, 2.75) is 52.9 Å². The molecule has 1 aliphatic heterocycles. The van der Waals surface area contributed by atoms with Crippen LogP contribution in [-0.2, 0) is 43.8 Å². The molecular weight excluding hydrogens is 400 g/mol. The van der Waals surface area contributed by atoms with Gasteiger partial charge in [-0.05, 0) is 30.0 Å². The molecule has 0 radical (unpaired) electrons. The topological polar surface area (TPSA) is 67.2 Å². The quantitative estimate of drug-likeness (QED) is 0.626. The summed E-state index contributed by atoms with van der Waals surface area (Å²) in [5.41, 5.74) is 5.00. The van der Waals surface area contributed by atoms with E-state index in [-0.39, 0.29) is 18.0 Å². The van der Waals surface area contributed by atoms with E-state index in [1.165, 1.54) is 15.7 Å². The standard InChI is InChI=1S/C26H30N4O2/c1-3-20-9-11-21(12-10-20)15-27-25(31)18-30-19(2)28-24-13-14-29(17-23(24)26(30)32)16-22-7-5-4-6-8-22/h4-12H,3,13-18H2,1-2H3,(H,27,31). The zero-order valence-electron chi connectivity index (χ0n) is 18.8. The minimum atomic E-state index is -0.187. The normalized spacial score (nSPS) is 13.6. The van der Waals surface area contributed by atoms with Gasteiger partial charge in [0.2, 0.25) is 5.91 Å². The first kappa shape index (κ1) is 22.0. The van der Waals surface area contributed by atoms with Crippen LogP contribution < -0.4 is 10.9 Å². The third-order valence-electron chi connectivity index (χ3n) is 6.06. The molecule has 4 rings (SSSR count). The highest BCUT2D eigenvalue weighted by Crippen LogP contribution is 2.17. The number of hydrogen-bond acceptors (Lipinski definition) is 4. The molecule has 166 valence electrons. The summed E-state index contributed by atoms with van der Waals surface area (Å²) in [5, 5.41) is 2.92. The first-order chi connectivity index (χ1) is 15.5. The van der Waals surface area contributed by atoms with Gasteiger partial charge in [0.15, 0.2) is 0 Å². The maximum Gasteiger partial charge on any atom is 0.258 e. The number of carbonyl (C=O) groups is 1. The molecule has 0 unspecified atom stereocenters. The smallest absolute Gasteiger partial charge is 0.258 e. The van der Waals surface area contributed by atoms with Gasteiger partial charge < -0.3 is 5.32 Å². The third kappa shape index (κ3) is 5.14. The molecular formula is C26H30N4O2. The van der Waals surface area contributed by atoms with Crippen molar-refractivity contribution < 1.29 is 4.79 Å². The molecule has 32 heavy (non-hydrogen) atoms. The Hall–Kier alpha value is -3.25. The minimum Gasteiger partial charge on any atom is -0.350 e. The number of aromatic nitrogens is 2. The SMILES string of the molecule is CCc1ccc(CNC(=O)Cn2c(C)nc3c(c2=O)CN(Cc2ccccc2)CC3)cc1. The van der Waals surface area contributed by atoms with Crippen molar-refractivity contribution in [3.63, 3.8) is 0 Å². The molecule has 1 aliphatic rings. The predicted octanol–water partition coefficient (Wildman–Crippen LogP) is 2.99. The lowest BCUT2D eigenvalue weighted by Gasteiger charge is -2.28. The largest absolute Gasteiger partial charge is 0.350 e. The lowest BCUT2D eigenvalue weighted by molar-refractivity contribution is -0.121. The lowest BCUT2D eigenvalue weighted by Crippen LogP contribution is -2.40. The van der Waals surface area contributed by atoms with Gasteiger partial charge in [0, 0.05) is 32.6 Å². The molecule has 0 bridgehead atoms. The number of rotatable bonds is 7. The van der Waals surface area contributed by atoms with Crippen LogP contribution in [0.1, 0.15) is 40.7 Å². The number of hydrogen-bond donors (Lipinski definition) is 1. The van der Waals surface area contributed by atoms with Crippen molar-refractivity contribution in [3.05, 3.63) is 98.7 Å². The van der Waals surface area contributed by atoms with Gasteiger partial charge in [0.1, 0.15) is 12.4 Å². The average Bonchev–Trinajstić information content (AvgIpc) is 2.82. The van der Waals surface area contributed by atoms with Crippen LogP contribution in [0.3, 0.4) is 0 Å². The number of benzene rings is 2. The van der Waals surface area contributed by atoms with E-state index in [0.29, 0.717) is 24.5 Å². The van der Waals surface area contributed by atoms with Crippen molar-refractivity contribution >= 4 is 5.91 Å². The highest BCUT2D eigenvalue weighted by Gasteiger charge is 2.23. The Morgan fingerprint density at radius 2 is 1.75 bits per heavy atom. The van der Waals surface area contributed by atoms with Gasteiger partial charge in [-0.25, -0.2) is 4.98 Å². The van der Waals surface area contributed by atoms with E-state index in [9.17, 15) is 9.59 Å². The van der Waals surface area contributed by atoms with E-state index in [4.69, 9.17) is 0 Å². The van der Waals surface area contributed by atoms with Crippen LogP contribution in [-0.4, -0.2) is 26.9 Å². The molecule has 3 aromatic rings. The summed E-state index contributed by atoms with van der Waals surface area (Å²) in [6.07, 6.45) is 1.74. The summed E-state index contributed by atoms with van der Waals surface area (Å²) in [6, 6.07) is 18.5. The van der Waals surface area contributed by atoms with Gasteiger partial charge in [-0.3, -0.25) is 19.1 Å². The summed E-state index contributed by atoms with van der Waals surface area (Å²) in [5.74, 6) is 0.404. The van der Waals surface area contributed by atoms with Crippen molar-refractivity contribution in [3.8, 4) is 0 Å². The molecule has 0 saturated heterocycles. The molecule has 0 spiro atoms. The second-order valence-electron chi connectivity index (χ2n) is 8.37. The van der Waals surface area contributed by atoms with Crippen LogP contribution in [0.25, 0.3) is 0 Å². The van der Waals surface area contributed by atoms with Crippen LogP contribution in [0.2, 0.25) is 0 Å². The molecule has 0 fully saturated rings. The summed E-state index contributed by atoms with van der Waals surface area (Å²) in [4.78, 5) is 32.7. The third-order valence-corrected chi connectivity index (χ3v) is 6.06. The summed E-state index contributed by atoms with van der Waals surface area (Å²) >= 11 is 0. The van der Waals surface area contributed by atoms with Crippen LogP contribution >= 0.6 is 0 Å². The van der Waals surface area contributed by atoms with Crippen LogP contribution in [0.15, 0.2) is 59.4 Å². The molecule has 1 N–H and O–H groups in total. The van der Waals surface area contributed by atoms with E-state index in [2.05, 4.69) is 46.4 Å². The Kier molecular flexibility index (Phi) is 6.81. The molecule has 2 heterocycles. The Labute approximate surface area is 188 Å². The molecule has 6 heteroatoms. The zero-order chi connectivity index (χ0) is 22.5. The number of amides is 1. The van der Waals surface area contributed by atoms with E-state index < -0.39 is 0 Å². The van der Waals surface area contributed by atoms with Gasteiger partial charge in [0.05, 0.1) is 11.3 Å². The molecule has 6 nitrogen and oxygen atoms in total. The summed E-state index contributed by atoms with van der Waals surface area (Å²) in [7, 11) is 0. The van der Waals surface area contributed by atoms with Gasteiger partial charge >= 0.3 is 0 Å². The van der Waals surface area contributed by atoms with E-state index in [0.717, 1.165) is 37.2 Å². The molecule has 1 amide bonds. The molecule has 1 aromatic heterocycles. The number of nitrogens with one attached hydrogen (secondary N) is 1. The molecule has 0 saturated carbocycles. The molecule has 0 aliphatic carbocycles. The zero-order valence-corrected chi connectivity index (χ0v) is 18.8. The second-order valence-corrected chi connectivity index (χ2v) is 8.37. The van der Waals surface area contributed by atoms with Crippen LogP contribution in [0.4, 0.5) is 0 Å². The van der Waals surface area contributed by atoms with E-state index >= 15 is 0 Å². The van der Waals surface area contributed by atoms with E-state index in [1.54, 1.807) is 6.92 Å². The van der Waals surface area contributed by atoms with Crippen LogP contribution in [0, 0.1) is 6.92 Å². The second kappa shape index (κ2) is 9.92. The monoisotopic (exact) mass is 430 g/mol.